The molecule has 1 aromatic heterocycles. The molecule has 7 nitrogen and oxygen atoms in total. The Morgan fingerprint density at radius 1 is 1.07 bits per heavy atom. The standard InChI is InChI=1S/C20H20N2O5/c1-3-25-17-7-5-4-6-16(17)20-21-18(27-22-20)13-26-15-10-8-14(9-11-15)12-19(23)24-2/h4-11H,3,12-13H2,1-2H3. The number of ether oxygens (including phenoxy) is 3. The second-order valence-electron chi connectivity index (χ2n) is 5.63. The van der Waals surface area contributed by atoms with Crippen LogP contribution in [0.5, 0.6) is 11.5 Å². The Kier molecular flexibility index (Phi) is 6.04. The van der Waals surface area contributed by atoms with Crippen LogP contribution < -0.4 is 9.47 Å². The van der Waals surface area contributed by atoms with E-state index in [1.54, 1.807) is 12.1 Å². The SMILES string of the molecule is CCOc1ccccc1-c1noc(COc2ccc(CC(=O)OC)cc2)n1. The number of hydrogen-bond acceptors (Lipinski definition) is 7. The Morgan fingerprint density at radius 3 is 2.59 bits per heavy atom. The van der Waals surface area contributed by atoms with Crippen LogP contribution in [-0.2, 0) is 22.6 Å². The van der Waals surface area contributed by atoms with Gasteiger partial charge in [0.2, 0.25) is 5.82 Å². The summed E-state index contributed by atoms with van der Waals surface area (Å²) in [6.45, 7) is 2.61. The van der Waals surface area contributed by atoms with Crippen LogP contribution in [0.4, 0.5) is 0 Å². The number of esters is 1. The highest BCUT2D eigenvalue weighted by Gasteiger charge is 2.13. The second kappa shape index (κ2) is 8.84. The molecule has 1 heterocycles. The zero-order chi connectivity index (χ0) is 19.1. The summed E-state index contributed by atoms with van der Waals surface area (Å²) in [5, 5.41) is 4.00. The molecule has 0 radical (unpaired) electrons. The van der Waals surface area contributed by atoms with Crippen LogP contribution in [-0.4, -0.2) is 29.8 Å². The summed E-state index contributed by atoms with van der Waals surface area (Å²) in [7, 11) is 1.37. The lowest BCUT2D eigenvalue weighted by atomic mass is 10.1. The van der Waals surface area contributed by atoms with E-state index < -0.39 is 0 Å². The van der Waals surface area contributed by atoms with Crippen LogP contribution >= 0.6 is 0 Å². The zero-order valence-electron chi connectivity index (χ0n) is 15.2. The minimum Gasteiger partial charge on any atom is -0.493 e. The number of hydrogen-bond donors (Lipinski definition) is 0. The average Bonchev–Trinajstić information content (AvgIpc) is 3.17. The van der Waals surface area contributed by atoms with E-state index in [2.05, 4.69) is 14.9 Å². The van der Waals surface area contributed by atoms with E-state index in [0.717, 1.165) is 11.1 Å². The van der Waals surface area contributed by atoms with E-state index in [1.165, 1.54) is 7.11 Å². The molecule has 0 unspecified atom stereocenters. The normalized spacial score (nSPS) is 10.4. The van der Waals surface area contributed by atoms with Gasteiger partial charge >= 0.3 is 5.97 Å². The number of benzene rings is 2. The fourth-order valence-corrected chi connectivity index (χ4v) is 2.44. The first kappa shape index (κ1) is 18.4. The third-order valence-corrected chi connectivity index (χ3v) is 3.76. The lowest BCUT2D eigenvalue weighted by Gasteiger charge is -2.06. The molecule has 0 aliphatic carbocycles. The van der Waals surface area contributed by atoms with Gasteiger partial charge < -0.3 is 18.7 Å². The Labute approximate surface area is 156 Å². The summed E-state index contributed by atoms with van der Waals surface area (Å²) in [5.41, 5.74) is 1.61. The summed E-state index contributed by atoms with van der Waals surface area (Å²) in [5.74, 6) is 1.86. The number of nitrogens with zero attached hydrogens (tertiary/aromatic N) is 2. The average molecular weight is 368 g/mol. The Balaban J connectivity index is 1.62. The van der Waals surface area contributed by atoms with E-state index in [0.29, 0.717) is 29.8 Å². The zero-order valence-corrected chi connectivity index (χ0v) is 15.2. The Hall–Kier alpha value is -3.35. The first-order valence-corrected chi connectivity index (χ1v) is 8.53. The molecule has 3 aromatic rings. The van der Waals surface area contributed by atoms with Gasteiger partial charge in [-0.1, -0.05) is 29.4 Å². The largest absolute Gasteiger partial charge is 0.493 e. The fraction of sp³-hybridized carbons (Fsp3) is 0.250. The third kappa shape index (κ3) is 4.84. The molecule has 0 spiro atoms. The van der Waals surface area contributed by atoms with Gasteiger partial charge in [0, 0.05) is 0 Å². The molecule has 0 saturated carbocycles. The lowest BCUT2D eigenvalue weighted by molar-refractivity contribution is -0.139. The van der Waals surface area contributed by atoms with Gasteiger partial charge in [0.15, 0.2) is 6.61 Å². The number of carbonyl (C=O) groups excluding carboxylic acids is 1. The van der Waals surface area contributed by atoms with Gasteiger partial charge in [0.25, 0.3) is 5.89 Å². The number of aromatic nitrogens is 2. The fourth-order valence-electron chi connectivity index (χ4n) is 2.44. The van der Waals surface area contributed by atoms with Crippen molar-refractivity contribution in [2.45, 2.75) is 20.0 Å². The van der Waals surface area contributed by atoms with Gasteiger partial charge in [-0.15, -0.1) is 0 Å². The van der Waals surface area contributed by atoms with Crippen molar-refractivity contribution in [3.63, 3.8) is 0 Å². The molecule has 0 N–H and O–H groups in total. The number of para-hydroxylation sites is 1. The first-order chi connectivity index (χ1) is 13.2. The van der Waals surface area contributed by atoms with Crippen molar-refractivity contribution in [2.75, 3.05) is 13.7 Å². The molecular formula is C20H20N2O5. The molecule has 0 atom stereocenters. The van der Waals surface area contributed by atoms with Crippen LogP contribution in [0, 0.1) is 0 Å². The topological polar surface area (TPSA) is 83.7 Å². The van der Waals surface area contributed by atoms with Gasteiger partial charge in [0.1, 0.15) is 11.5 Å². The summed E-state index contributed by atoms with van der Waals surface area (Å²) in [6.07, 6.45) is 0.225. The molecule has 2 aromatic carbocycles. The van der Waals surface area contributed by atoms with Crippen molar-refractivity contribution < 1.29 is 23.5 Å². The highest BCUT2D eigenvalue weighted by atomic mass is 16.5. The molecule has 0 amide bonds. The van der Waals surface area contributed by atoms with Gasteiger partial charge in [-0.25, -0.2) is 0 Å². The van der Waals surface area contributed by atoms with E-state index in [-0.39, 0.29) is 19.0 Å². The molecule has 0 fully saturated rings. The maximum Gasteiger partial charge on any atom is 0.309 e. The smallest absolute Gasteiger partial charge is 0.309 e. The summed E-state index contributed by atoms with van der Waals surface area (Å²) >= 11 is 0. The van der Waals surface area contributed by atoms with E-state index in [4.69, 9.17) is 14.0 Å². The molecule has 0 bridgehead atoms. The molecule has 0 saturated heterocycles. The maximum absolute atomic E-state index is 11.3. The molecule has 7 heteroatoms. The van der Waals surface area contributed by atoms with Gasteiger partial charge in [-0.05, 0) is 36.8 Å². The number of rotatable bonds is 8. The summed E-state index contributed by atoms with van der Waals surface area (Å²) in [4.78, 5) is 15.6. The van der Waals surface area contributed by atoms with Crippen molar-refractivity contribution in [1.82, 2.24) is 10.1 Å². The summed E-state index contributed by atoms with van der Waals surface area (Å²) < 4.78 is 21.2. The van der Waals surface area contributed by atoms with Crippen molar-refractivity contribution >= 4 is 5.97 Å². The highest BCUT2D eigenvalue weighted by Crippen LogP contribution is 2.27. The van der Waals surface area contributed by atoms with Gasteiger partial charge in [-0.2, -0.15) is 4.98 Å². The van der Waals surface area contributed by atoms with Crippen molar-refractivity contribution in [2.24, 2.45) is 0 Å². The minimum atomic E-state index is -0.283. The van der Waals surface area contributed by atoms with E-state index in [1.807, 2.05) is 43.3 Å². The van der Waals surface area contributed by atoms with Crippen LogP contribution in [0.25, 0.3) is 11.4 Å². The molecule has 0 aliphatic heterocycles. The highest BCUT2D eigenvalue weighted by molar-refractivity contribution is 5.72. The van der Waals surface area contributed by atoms with E-state index >= 15 is 0 Å². The second-order valence-corrected chi connectivity index (χ2v) is 5.63. The number of carbonyl (C=O) groups is 1. The predicted octanol–water partition coefficient (Wildman–Crippen LogP) is 3.43. The molecular weight excluding hydrogens is 348 g/mol. The molecule has 27 heavy (non-hydrogen) atoms. The van der Waals surface area contributed by atoms with Crippen LogP contribution in [0.15, 0.2) is 53.1 Å². The summed E-state index contributed by atoms with van der Waals surface area (Å²) in [6, 6.07) is 14.7. The molecule has 3 rings (SSSR count). The quantitative estimate of drug-likeness (QED) is 0.563. The van der Waals surface area contributed by atoms with Gasteiger partial charge in [0.05, 0.1) is 25.7 Å². The van der Waals surface area contributed by atoms with Crippen LogP contribution in [0.1, 0.15) is 18.4 Å². The monoisotopic (exact) mass is 368 g/mol. The van der Waals surface area contributed by atoms with E-state index in [9.17, 15) is 4.79 Å². The minimum absolute atomic E-state index is 0.139. The Bertz CT molecular complexity index is 889. The molecule has 140 valence electrons. The van der Waals surface area contributed by atoms with Crippen molar-refractivity contribution in [3.8, 4) is 22.9 Å². The first-order valence-electron chi connectivity index (χ1n) is 8.53. The predicted molar refractivity (Wildman–Crippen MR) is 97.4 cm³/mol. The van der Waals surface area contributed by atoms with Crippen LogP contribution in [0.3, 0.4) is 0 Å². The lowest BCUT2D eigenvalue weighted by Crippen LogP contribution is -2.04. The third-order valence-electron chi connectivity index (χ3n) is 3.76. The van der Waals surface area contributed by atoms with Crippen LogP contribution in [0.2, 0.25) is 0 Å². The maximum atomic E-state index is 11.3. The van der Waals surface area contributed by atoms with Crippen molar-refractivity contribution in [1.29, 1.82) is 0 Å². The number of methoxy groups -OCH3 is 1. The molecule has 0 aliphatic rings. The Morgan fingerprint density at radius 2 is 1.85 bits per heavy atom. The van der Waals surface area contributed by atoms with Crippen molar-refractivity contribution in [3.05, 3.63) is 60.0 Å². The van der Waals surface area contributed by atoms with Gasteiger partial charge in [-0.3, -0.25) is 4.79 Å².